The van der Waals surface area contributed by atoms with Crippen LogP contribution in [0.15, 0.2) is 49.2 Å². The van der Waals surface area contributed by atoms with E-state index >= 15 is 0 Å². The minimum Gasteiger partial charge on any atom is -0.347 e. The van der Waals surface area contributed by atoms with Crippen LogP contribution in [0.3, 0.4) is 0 Å². The van der Waals surface area contributed by atoms with Crippen molar-refractivity contribution in [2.75, 3.05) is 0 Å². The first-order valence-corrected chi connectivity index (χ1v) is 6.41. The molecule has 1 aromatic carbocycles. The van der Waals surface area contributed by atoms with Gasteiger partial charge in [0.15, 0.2) is 0 Å². The highest BCUT2D eigenvalue weighted by Crippen LogP contribution is 2.22. The van der Waals surface area contributed by atoms with E-state index in [1.807, 2.05) is 18.7 Å². The minimum atomic E-state index is 0.886. The molecule has 2 aromatic heterocycles. The maximum atomic E-state index is 4.10. The van der Waals surface area contributed by atoms with Crippen molar-refractivity contribution in [3.05, 3.63) is 54.7 Å². The molecular formula is C15H17N3. The van der Waals surface area contributed by atoms with E-state index in [-0.39, 0.29) is 0 Å². The fourth-order valence-electron chi connectivity index (χ4n) is 2.45. The Hall–Kier alpha value is -2.03. The molecule has 0 bridgehead atoms. The normalized spacial score (nSPS) is 11.2. The van der Waals surface area contributed by atoms with Crippen LogP contribution in [0.5, 0.6) is 0 Å². The van der Waals surface area contributed by atoms with Crippen LogP contribution in [0.25, 0.3) is 10.9 Å². The van der Waals surface area contributed by atoms with Gasteiger partial charge in [0.1, 0.15) is 0 Å². The van der Waals surface area contributed by atoms with Crippen molar-refractivity contribution in [1.82, 2.24) is 14.1 Å². The van der Waals surface area contributed by atoms with Crippen LogP contribution in [-0.4, -0.2) is 14.1 Å². The zero-order valence-electron chi connectivity index (χ0n) is 10.6. The molecule has 0 aliphatic heterocycles. The fraction of sp³-hybridized carbons (Fsp3) is 0.267. The molecule has 3 nitrogen and oxygen atoms in total. The van der Waals surface area contributed by atoms with E-state index < -0.39 is 0 Å². The molecule has 92 valence electrons. The van der Waals surface area contributed by atoms with Gasteiger partial charge in [-0.15, -0.1) is 0 Å². The number of imidazole rings is 1. The minimum absolute atomic E-state index is 0.886. The second-order valence-electron chi connectivity index (χ2n) is 4.60. The van der Waals surface area contributed by atoms with Gasteiger partial charge in [0.05, 0.1) is 12.9 Å². The molecular weight excluding hydrogens is 222 g/mol. The van der Waals surface area contributed by atoms with Crippen molar-refractivity contribution >= 4 is 10.9 Å². The largest absolute Gasteiger partial charge is 0.347 e. The summed E-state index contributed by atoms with van der Waals surface area (Å²) in [6.07, 6.45) is 9.13. The number of benzene rings is 1. The van der Waals surface area contributed by atoms with Crippen LogP contribution in [0, 0.1) is 0 Å². The van der Waals surface area contributed by atoms with E-state index in [4.69, 9.17) is 0 Å². The highest BCUT2D eigenvalue weighted by Gasteiger charge is 2.07. The van der Waals surface area contributed by atoms with Gasteiger partial charge in [-0.2, -0.15) is 0 Å². The summed E-state index contributed by atoms with van der Waals surface area (Å²) < 4.78 is 4.46. The van der Waals surface area contributed by atoms with Crippen LogP contribution in [0.4, 0.5) is 0 Å². The van der Waals surface area contributed by atoms with E-state index in [0.717, 1.165) is 19.5 Å². The summed E-state index contributed by atoms with van der Waals surface area (Å²) in [5.74, 6) is 0. The number of hydrogen-bond donors (Lipinski definition) is 0. The Morgan fingerprint density at radius 1 is 1.22 bits per heavy atom. The summed E-state index contributed by atoms with van der Waals surface area (Å²) in [5.41, 5.74) is 2.69. The monoisotopic (exact) mass is 239 g/mol. The lowest BCUT2D eigenvalue weighted by molar-refractivity contribution is 0.696. The maximum Gasteiger partial charge on any atom is 0.0949 e. The first-order valence-electron chi connectivity index (χ1n) is 6.41. The summed E-state index contributed by atoms with van der Waals surface area (Å²) in [6, 6.07) is 8.61. The number of para-hydroxylation sites is 1. The first-order chi connectivity index (χ1) is 8.88. The molecule has 0 saturated carbocycles. The van der Waals surface area contributed by atoms with Crippen molar-refractivity contribution < 1.29 is 0 Å². The molecule has 0 unspecified atom stereocenters. The molecule has 0 atom stereocenters. The van der Waals surface area contributed by atoms with Gasteiger partial charge in [-0.3, -0.25) is 0 Å². The zero-order valence-corrected chi connectivity index (χ0v) is 10.6. The van der Waals surface area contributed by atoms with Gasteiger partial charge in [0.2, 0.25) is 0 Å². The third kappa shape index (κ3) is 1.92. The van der Waals surface area contributed by atoms with E-state index in [9.17, 15) is 0 Å². The van der Waals surface area contributed by atoms with Crippen molar-refractivity contribution in [3.63, 3.8) is 0 Å². The second kappa shape index (κ2) is 4.69. The van der Waals surface area contributed by atoms with Gasteiger partial charge in [-0.25, -0.2) is 4.98 Å². The van der Waals surface area contributed by atoms with Gasteiger partial charge in [-0.1, -0.05) is 25.1 Å². The summed E-state index contributed by atoms with van der Waals surface area (Å²) in [6.45, 7) is 4.17. The lowest BCUT2D eigenvalue weighted by Gasteiger charge is -2.01. The lowest BCUT2D eigenvalue weighted by atomic mass is 10.2. The average molecular weight is 239 g/mol. The Bertz CT molecular complexity index is 635. The summed E-state index contributed by atoms with van der Waals surface area (Å²) >= 11 is 0. The van der Waals surface area contributed by atoms with E-state index in [0.29, 0.717) is 0 Å². The molecule has 3 aromatic rings. The smallest absolute Gasteiger partial charge is 0.0949 e. The van der Waals surface area contributed by atoms with E-state index in [1.165, 1.54) is 16.5 Å². The van der Waals surface area contributed by atoms with Crippen LogP contribution < -0.4 is 0 Å². The molecule has 18 heavy (non-hydrogen) atoms. The predicted molar refractivity (Wildman–Crippen MR) is 73.6 cm³/mol. The maximum absolute atomic E-state index is 4.10. The third-order valence-corrected chi connectivity index (χ3v) is 3.25. The van der Waals surface area contributed by atoms with Crippen molar-refractivity contribution in [1.29, 1.82) is 0 Å². The number of rotatable bonds is 4. The Morgan fingerprint density at radius 2 is 2.11 bits per heavy atom. The molecule has 0 amide bonds. The zero-order chi connectivity index (χ0) is 12.4. The van der Waals surface area contributed by atoms with Gasteiger partial charge < -0.3 is 9.13 Å². The lowest BCUT2D eigenvalue weighted by Crippen LogP contribution is -1.96. The first kappa shape index (κ1) is 11.1. The summed E-state index contributed by atoms with van der Waals surface area (Å²) in [7, 11) is 0. The van der Waals surface area contributed by atoms with E-state index in [1.54, 1.807) is 0 Å². The molecule has 3 heteroatoms. The summed E-state index contributed by atoms with van der Waals surface area (Å²) in [5, 5.41) is 1.35. The molecule has 0 spiro atoms. The van der Waals surface area contributed by atoms with Gasteiger partial charge in [0.25, 0.3) is 0 Å². The van der Waals surface area contributed by atoms with Crippen LogP contribution >= 0.6 is 0 Å². The number of nitrogens with zero attached hydrogens (tertiary/aromatic N) is 3. The SMILES string of the molecule is CCCn1cc(Cn2ccnc2)c2ccccc21. The predicted octanol–water partition coefficient (Wildman–Crippen LogP) is 3.30. The second-order valence-corrected chi connectivity index (χ2v) is 4.60. The Morgan fingerprint density at radius 3 is 2.89 bits per heavy atom. The average Bonchev–Trinajstić information content (AvgIpc) is 3.00. The molecule has 0 radical (unpaired) electrons. The molecule has 0 saturated heterocycles. The van der Waals surface area contributed by atoms with Crippen LogP contribution in [-0.2, 0) is 13.1 Å². The van der Waals surface area contributed by atoms with Crippen molar-refractivity contribution in [2.45, 2.75) is 26.4 Å². The highest BCUT2D eigenvalue weighted by atomic mass is 15.0. The molecule has 0 N–H and O–H groups in total. The van der Waals surface area contributed by atoms with Crippen molar-refractivity contribution in [3.8, 4) is 0 Å². The standard InChI is InChI=1S/C15H17N3/c1-2-8-18-11-13(10-17-9-7-16-12-17)14-5-3-4-6-15(14)18/h3-7,9,11-12H,2,8,10H2,1H3. The third-order valence-electron chi connectivity index (χ3n) is 3.25. The summed E-state index contributed by atoms with van der Waals surface area (Å²) in [4.78, 5) is 4.10. The molecule has 0 aliphatic rings. The Balaban J connectivity index is 2.05. The number of aryl methyl sites for hydroxylation is 1. The number of fused-ring (bicyclic) bond motifs is 1. The van der Waals surface area contributed by atoms with Crippen molar-refractivity contribution in [2.24, 2.45) is 0 Å². The van der Waals surface area contributed by atoms with E-state index in [2.05, 4.69) is 51.5 Å². The van der Waals surface area contributed by atoms with Gasteiger partial charge >= 0.3 is 0 Å². The van der Waals surface area contributed by atoms with Gasteiger partial charge in [-0.05, 0) is 18.1 Å². The van der Waals surface area contributed by atoms with Gasteiger partial charge in [0, 0.05) is 36.0 Å². The quantitative estimate of drug-likeness (QED) is 0.685. The van der Waals surface area contributed by atoms with Crippen LogP contribution in [0.1, 0.15) is 18.9 Å². The Labute approximate surface area is 107 Å². The van der Waals surface area contributed by atoms with Crippen LogP contribution in [0.2, 0.25) is 0 Å². The number of hydrogen-bond acceptors (Lipinski definition) is 1. The highest BCUT2D eigenvalue weighted by molar-refractivity contribution is 5.83. The molecule has 0 aliphatic carbocycles. The molecule has 2 heterocycles. The molecule has 3 rings (SSSR count). The number of aromatic nitrogens is 3. The Kier molecular flexibility index (Phi) is 2.89. The molecule has 0 fully saturated rings. The topological polar surface area (TPSA) is 22.8 Å². The fourth-order valence-corrected chi connectivity index (χ4v) is 2.45.